The van der Waals surface area contributed by atoms with E-state index in [1.807, 2.05) is 0 Å². The van der Waals surface area contributed by atoms with E-state index in [0.29, 0.717) is 0 Å². The Labute approximate surface area is 87.0 Å². The topological polar surface area (TPSA) is 104 Å². The van der Waals surface area contributed by atoms with Crippen LogP contribution in [0.1, 0.15) is 0 Å². The van der Waals surface area contributed by atoms with E-state index >= 15 is 0 Å². The zero-order valence-corrected chi connectivity index (χ0v) is 8.95. The average molecular weight is 236 g/mol. The molecule has 0 aliphatic carbocycles. The maximum absolute atomic E-state index is 11.5. The lowest BCUT2D eigenvalue weighted by atomic mass is 10.3. The third kappa shape index (κ3) is 2.38. The minimum Gasteiger partial charge on any atom is -0.465 e. The van der Waals surface area contributed by atoms with Crippen molar-refractivity contribution in [1.82, 2.24) is 10.2 Å². The summed E-state index contributed by atoms with van der Waals surface area (Å²) in [5.74, 6) is -0.974. The third-order valence-corrected chi connectivity index (χ3v) is 4.26. The summed E-state index contributed by atoms with van der Waals surface area (Å²) >= 11 is 0. The van der Waals surface area contributed by atoms with Crippen LogP contribution < -0.4 is 5.32 Å². The second-order valence-corrected chi connectivity index (χ2v) is 5.50. The lowest BCUT2D eigenvalue weighted by Gasteiger charge is -2.29. The molecule has 0 aromatic heterocycles. The van der Waals surface area contributed by atoms with Crippen LogP contribution in [0.2, 0.25) is 0 Å². The zero-order chi connectivity index (χ0) is 11.6. The zero-order valence-electron chi connectivity index (χ0n) is 8.13. The summed E-state index contributed by atoms with van der Waals surface area (Å²) in [6.45, 7) is -0.373. The lowest BCUT2D eigenvalue weighted by molar-refractivity contribution is -0.120. The molecule has 1 saturated heterocycles. The summed E-state index contributed by atoms with van der Waals surface area (Å²) in [7, 11) is -2.20. The fourth-order valence-corrected chi connectivity index (χ4v) is 2.98. The van der Waals surface area contributed by atoms with Crippen LogP contribution in [0, 0.1) is 0 Å². The van der Waals surface area contributed by atoms with Gasteiger partial charge in [-0.05, 0) is 0 Å². The van der Waals surface area contributed by atoms with Crippen molar-refractivity contribution in [1.29, 1.82) is 0 Å². The van der Waals surface area contributed by atoms with E-state index in [0.717, 1.165) is 4.90 Å². The van der Waals surface area contributed by atoms with Crippen molar-refractivity contribution in [3.05, 3.63) is 0 Å². The molecule has 0 spiro atoms. The van der Waals surface area contributed by atoms with Crippen LogP contribution >= 0.6 is 0 Å². The van der Waals surface area contributed by atoms with Gasteiger partial charge in [-0.1, -0.05) is 0 Å². The minimum absolute atomic E-state index is 0.0782. The van der Waals surface area contributed by atoms with Crippen molar-refractivity contribution in [2.45, 2.75) is 5.25 Å². The average Bonchev–Trinajstić information content (AvgIpc) is 2.15. The van der Waals surface area contributed by atoms with E-state index in [1.54, 1.807) is 0 Å². The molecule has 0 bridgehead atoms. The number of amides is 2. The second kappa shape index (κ2) is 4.05. The Morgan fingerprint density at radius 3 is 2.53 bits per heavy atom. The number of hydrogen-bond donors (Lipinski definition) is 2. The first-order chi connectivity index (χ1) is 6.88. The predicted octanol–water partition coefficient (Wildman–Crippen LogP) is -1.49. The predicted molar refractivity (Wildman–Crippen MR) is 51.2 cm³/mol. The first-order valence-electron chi connectivity index (χ1n) is 4.29. The Morgan fingerprint density at radius 1 is 1.47 bits per heavy atom. The standard InChI is InChI=1S/C7H12N2O5S/c1-8-6(10)5-4-9(7(11)12)2-3-15(5,13)14/h5H,2-4H2,1H3,(H,8,10)(H,11,12). The van der Waals surface area contributed by atoms with E-state index in [9.17, 15) is 18.0 Å². The molecule has 86 valence electrons. The third-order valence-electron chi connectivity index (χ3n) is 2.27. The molecule has 2 amide bonds. The molecule has 1 aliphatic heterocycles. The van der Waals surface area contributed by atoms with Crippen LogP contribution in [0.4, 0.5) is 4.79 Å². The molecule has 1 heterocycles. The molecule has 1 fully saturated rings. The molecule has 1 aliphatic rings. The summed E-state index contributed by atoms with van der Waals surface area (Å²) in [6, 6.07) is 0. The van der Waals surface area contributed by atoms with Crippen molar-refractivity contribution in [2.24, 2.45) is 0 Å². The quantitative estimate of drug-likeness (QED) is 0.577. The number of carbonyl (C=O) groups excluding carboxylic acids is 1. The van der Waals surface area contributed by atoms with Crippen LogP contribution in [-0.4, -0.2) is 61.6 Å². The highest BCUT2D eigenvalue weighted by Gasteiger charge is 2.39. The van der Waals surface area contributed by atoms with Crippen LogP contribution in [0.15, 0.2) is 0 Å². The number of nitrogens with zero attached hydrogens (tertiary/aromatic N) is 1. The smallest absolute Gasteiger partial charge is 0.407 e. The first kappa shape index (κ1) is 11.8. The molecule has 1 rings (SSSR count). The maximum atomic E-state index is 11.5. The minimum atomic E-state index is -3.52. The number of carboxylic acid groups (broad SMARTS) is 1. The molecule has 0 aromatic rings. The Morgan fingerprint density at radius 2 is 2.07 bits per heavy atom. The highest BCUT2D eigenvalue weighted by Crippen LogP contribution is 2.12. The van der Waals surface area contributed by atoms with E-state index in [-0.39, 0.29) is 18.8 Å². The summed E-state index contributed by atoms with van der Waals surface area (Å²) < 4.78 is 22.9. The maximum Gasteiger partial charge on any atom is 0.407 e. The number of rotatable bonds is 1. The molecule has 0 saturated carbocycles. The molecule has 15 heavy (non-hydrogen) atoms. The van der Waals surface area contributed by atoms with Gasteiger partial charge in [0.15, 0.2) is 15.1 Å². The van der Waals surface area contributed by atoms with Crippen LogP contribution in [0.5, 0.6) is 0 Å². The van der Waals surface area contributed by atoms with Gasteiger partial charge < -0.3 is 15.3 Å². The van der Waals surface area contributed by atoms with E-state index in [4.69, 9.17) is 5.11 Å². The van der Waals surface area contributed by atoms with Gasteiger partial charge in [-0.2, -0.15) is 0 Å². The van der Waals surface area contributed by atoms with Gasteiger partial charge in [0.25, 0.3) is 0 Å². The lowest BCUT2D eigenvalue weighted by Crippen LogP contribution is -2.54. The van der Waals surface area contributed by atoms with Crippen molar-refractivity contribution >= 4 is 21.8 Å². The molecule has 1 atom stereocenters. The second-order valence-electron chi connectivity index (χ2n) is 3.20. The van der Waals surface area contributed by atoms with E-state index < -0.39 is 27.1 Å². The summed E-state index contributed by atoms with van der Waals surface area (Å²) in [5, 5.41) is 9.61. The Bertz CT molecular complexity index is 377. The fraction of sp³-hybridized carbons (Fsp3) is 0.714. The van der Waals surface area contributed by atoms with Crippen molar-refractivity contribution in [3.63, 3.8) is 0 Å². The first-order valence-corrected chi connectivity index (χ1v) is 6.01. The molecule has 8 heteroatoms. The number of nitrogens with one attached hydrogen (secondary N) is 1. The summed E-state index contributed by atoms with van der Waals surface area (Å²) in [6.07, 6.45) is -1.21. The van der Waals surface area contributed by atoms with Gasteiger partial charge in [0, 0.05) is 20.1 Å². The molecule has 0 aromatic carbocycles. The van der Waals surface area contributed by atoms with Gasteiger partial charge >= 0.3 is 6.09 Å². The fourth-order valence-electron chi connectivity index (χ4n) is 1.37. The Balaban J connectivity index is 2.89. The molecule has 0 radical (unpaired) electrons. The monoisotopic (exact) mass is 236 g/mol. The SMILES string of the molecule is CNC(=O)C1CN(C(=O)O)CCS1(=O)=O. The van der Waals surface area contributed by atoms with Crippen LogP contribution in [0.3, 0.4) is 0 Å². The molecule has 7 nitrogen and oxygen atoms in total. The van der Waals surface area contributed by atoms with Gasteiger partial charge in [0.2, 0.25) is 5.91 Å². The van der Waals surface area contributed by atoms with E-state index in [2.05, 4.69) is 5.32 Å². The normalized spacial score (nSPS) is 24.6. The Hall–Kier alpha value is -1.31. The molecular weight excluding hydrogens is 224 g/mol. The molecule has 2 N–H and O–H groups in total. The number of carbonyl (C=O) groups is 2. The van der Waals surface area contributed by atoms with Crippen LogP contribution in [-0.2, 0) is 14.6 Å². The molecule has 1 unspecified atom stereocenters. The number of hydrogen-bond acceptors (Lipinski definition) is 4. The largest absolute Gasteiger partial charge is 0.465 e. The van der Waals surface area contributed by atoms with Crippen molar-refractivity contribution in [2.75, 3.05) is 25.9 Å². The van der Waals surface area contributed by atoms with Crippen molar-refractivity contribution in [3.8, 4) is 0 Å². The van der Waals surface area contributed by atoms with Crippen LogP contribution in [0.25, 0.3) is 0 Å². The van der Waals surface area contributed by atoms with E-state index in [1.165, 1.54) is 7.05 Å². The van der Waals surface area contributed by atoms with Gasteiger partial charge in [-0.15, -0.1) is 0 Å². The Kier molecular flexibility index (Phi) is 3.18. The van der Waals surface area contributed by atoms with Crippen molar-refractivity contribution < 1.29 is 23.1 Å². The highest BCUT2D eigenvalue weighted by molar-refractivity contribution is 7.92. The van der Waals surface area contributed by atoms with Gasteiger partial charge in [0.05, 0.1) is 5.75 Å². The van der Waals surface area contributed by atoms with Gasteiger partial charge in [-0.3, -0.25) is 4.79 Å². The number of sulfone groups is 1. The molecular formula is C7H12N2O5S. The summed E-state index contributed by atoms with van der Waals surface area (Å²) in [5.41, 5.74) is 0. The summed E-state index contributed by atoms with van der Waals surface area (Å²) in [4.78, 5) is 22.8. The highest BCUT2D eigenvalue weighted by atomic mass is 32.2. The van der Waals surface area contributed by atoms with Gasteiger partial charge in [-0.25, -0.2) is 13.2 Å². The van der Waals surface area contributed by atoms with Gasteiger partial charge in [0.1, 0.15) is 0 Å².